The molecule has 0 unspecified atom stereocenters. The molecule has 0 radical (unpaired) electrons. The minimum atomic E-state index is -0.678. The summed E-state index contributed by atoms with van der Waals surface area (Å²) in [4.78, 5) is 37.4. The number of amides is 3. The molecule has 0 bridgehead atoms. The number of furan rings is 1. The summed E-state index contributed by atoms with van der Waals surface area (Å²) in [5.74, 6) is -1.28. The first-order valence-corrected chi connectivity index (χ1v) is 10.9. The van der Waals surface area contributed by atoms with Gasteiger partial charge < -0.3 is 9.15 Å². The summed E-state index contributed by atoms with van der Waals surface area (Å²) in [6.07, 6.45) is 1.83. The fourth-order valence-corrected chi connectivity index (χ4v) is 3.81. The molecule has 180 valence electrons. The fourth-order valence-electron chi connectivity index (χ4n) is 3.81. The molecule has 3 aromatic rings. The van der Waals surface area contributed by atoms with E-state index in [1.807, 2.05) is 0 Å². The molecule has 1 heterocycles. The van der Waals surface area contributed by atoms with Crippen LogP contribution in [-0.4, -0.2) is 30.5 Å². The lowest BCUT2D eigenvalue weighted by Crippen LogP contribution is -2.41. The molecule has 0 saturated carbocycles. The van der Waals surface area contributed by atoms with Crippen molar-refractivity contribution >= 4 is 23.4 Å². The average molecular weight is 478 g/mol. The number of benzene rings is 2. The Labute approximate surface area is 200 Å². The summed E-state index contributed by atoms with van der Waals surface area (Å²) in [7, 11) is 1.52. The van der Waals surface area contributed by atoms with E-state index in [2.05, 4.69) is 21.4 Å². The van der Waals surface area contributed by atoms with Crippen LogP contribution in [0.15, 0.2) is 58.0 Å². The van der Waals surface area contributed by atoms with Crippen LogP contribution in [0.3, 0.4) is 0 Å². The van der Waals surface area contributed by atoms with Crippen molar-refractivity contribution in [3.8, 4) is 5.75 Å². The summed E-state index contributed by atoms with van der Waals surface area (Å²) in [6, 6.07) is 12.0. The summed E-state index contributed by atoms with van der Waals surface area (Å²) in [5, 5.41) is 4.18. The van der Waals surface area contributed by atoms with Gasteiger partial charge in [0.25, 0.3) is 11.8 Å². The SMILES string of the molecule is COc1ccc(C(=O)NNC(=O)c2oc3c(c2C)/C(=N/NC(=O)c2ccccc2F)CCC3)cc1. The van der Waals surface area contributed by atoms with Crippen LogP contribution in [0, 0.1) is 12.7 Å². The van der Waals surface area contributed by atoms with E-state index in [1.165, 1.54) is 25.3 Å². The van der Waals surface area contributed by atoms with Gasteiger partial charge in [0.15, 0.2) is 5.76 Å². The third-order valence-electron chi connectivity index (χ3n) is 5.58. The second kappa shape index (κ2) is 10.2. The molecule has 35 heavy (non-hydrogen) atoms. The van der Waals surface area contributed by atoms with Crippen LogP contribution >= 0.6 is 0 Å². The Morgan fingerprint density at radius 3 is 2.40 bits per heavy atom. The van der Waals surface area contributed by atoms with E-state index in [0.717, 1.165) is 0 Å². The molecule has 3 amide bonds. The number of carbonyl (C=O) groups excluding carboxylic acids is 3. The van der Waals surface area contributed by atoms with Gasteiger partial charge in [0.1, 0.15) is 17.3 Å². The standard InChI is InChI=1S/C25H23FN4O5/c1-14-21-19(27-29-24(32)17-6-3-4-7-18(17)26)8-5-9-20(21)35-22(14)25(33)30-28-23(31)15-10-12-16(34-2)13-11-15/h3-4,6-7,10-13H,5,8-9H2,1-2H3,(H,28,31)(H,29,32)(H,30,33)/b27-19+. The molecule has 1 aliphatic rings. The Morgan fingerprint density at radius 1 is 0.971 bits per heavy atom. The van der Waals surface area contributed by atoms with Gasteiger partial charge in [-0.25, -0.2) is 9.82 Å². The van der Waals surface area contributed by atoms with Crippen LogP contribution in [0.1, 0.15) is 61.0 Å². The number of aryl methyl sites for hydroxylation is 1. The van der Waals surface area contributed by atoms with Gasteiger partial charge in [-0.3, -0.25) is 25.2 Å². The Kier molecular flexibility index (Phi) is 6.91. The van der Waals surface area contributed by atoms with Gasteiger partial charge in [0.2, 0.25) is 0 Å². The van der Waals surface area contributed by atoms with E-state index in [-0.39, 0.29) is 11.3 Å². The molecular weight excluding hydrogens is 455 g/mol. The maximum absolute atomic E-state index is 13.9. The molecule has 0 spiro atoms. The molecule has 2 aromatic carbocycles. The molecular formula is C25H23FN4O5. The Bertz CT molecular complexity index is 1310. The zero-order chi connectivity index (χ0) is 24.9. The Hall–Kier alpha value is -4.47. The lowest BCUT2D eigenvalue weighted by Gasteiger charge is -2.13. The third-order valence-corrected chi connectivity index (χ3v) is 5.58. The second-order valence-electron chi connectivity index (χ2n) is 7.82. The number of rotatable bonds is 5. The molecule has 9 nitrogen and oxygen atoms in total. The van der Waals surface area contributed by atoms with Crippen molar-refractivity contribution in [2.24, 2.45) is 5.10 Å². The number of hydrazone groups is 1. The van der Waals surface area contributed by atoms with E-state index >= 15 is 0 Å². The molecule has 0 atom stereocenters. The number of nitrogens with one attached hydrogen (secondary N) is 3. The lowest BCUT2D eigenvalue weighted by molar-refractivity contribution is 0.0829. The van der Waals surface area contributed by atoms with Crippen LogP contribution in [0.5, 0.6) is 5.75 Å². The highest BCUT2D eigenvalue weighted by Gasteiger charge is 2.28. The number of carbonyl (C=O) groups is 3. The highest BCUT2D eigenvalue weighted by Crippen LogP contribution is 2.29. The first-order chi connectivity index (χ1) is 16.9. The number of hydrogen-bond donors (Lipinski definition) is 3. The normalized spacial score (nSPS) is 13.6. The highest BCUT2D eigenvalue weighted by atomic mass is 19.1. The largest absolute Gasteiger partial charge is 0.497 e. The van der Waals surface area contributed by atoms with E-state index in [4.69, 9.17) is 9.15 Å². The predicted molar refractivity (Wildman–Crippen MR) is 125 cm³/mol. The van der Waals surface area contributed by atoms with Gasteiger partial charge in [0, 0.05) is 23.1 Å². The van der Waals surface area contributed by atoms with Crippen molar-refractivity contribution in [1.29, 1.82) is 0 Å². The van der Waals surface area contributed by atoms with Crippen molar-refractivity contribution in [2.75, 3.05) is 7.11 Å². The highest BCUT2D eigenvalue weighted by molar-refractivity contribution is 6.07. The van der Waals surface area contributed by atoms with Crippen molar-refractivity contribution in [1.82, 2.24) is 16.3 Å². The smallest absolute Gasteiger partial charge is 0.305 e. The monoisotopic (exact) mass is 478 g/mol. The van der Waals surface area contributed by atoms with Crippen LogP contribution < -0.4 is 21.0 Å². The zero-order valence-corrected chi connectivity index (χ0v) is 19.1. The summed E-state index contributed by atoms with van der Waals surface area (Å²) in [6.45, 7) is 1.70. The summed E-state index contributed by atoms with van der Waals surface area (Å²) in [5.41, 5.74) is 8.98. The molecule has 10 heteroatoms. The zero-order valence-electron chi connectivity index (χ0n) is 19.1. The Morgan fingerprint density at radius 2 is 1.69 bits per heavy atom. The third kappa shape index (κ3) is 5.06. The minimum absolute atomic E-state index is 0.0278. The van der Waals surface area contributed by atoms with Gasteiger partial charge in [-0.15, -0.1) is 0 Å². The van der Waals surface area contributed by atoms with Gasteiger partial charge in [-0.05, 0) is 56.2 Å². The first-order valence-electron chi connectivity index (χ1n) is 10.9. The predicted octanol–water partition coefficient (Wildman–Crippen LogP) is 3.28. The molecule has 0 fully saturated rings. The van der Waals surface area contributed by atoms with E-state index in [0.29, 0.717) is 53.2 Å². The molecule has 0 aliphatic heterocycles. The number of ether oxygens (including phenoxy) is 1. The van der Waals surface area contributed by atoms with Crippen LogP contribution in [-0.2, 0) is 6.42 Å². The number of hydrazine groups is 1. The summed E-state index contributed by atoms with van der Waals surface area (Å²) >= 11 is 0. The van der Waals surface area contributed by atoms with Crippen molar-refractivity contribution in [2.45, 2.75) is 26.2 Å². The first kappa shape index (κ1) is 23.7. The quantitative estimate of drug-likeness (QED) is 0.486. The van der Waals surface area contributed by atoms with Crippen molar-refractivity contribution in [3.63, 3.8) is 0 Å². The lowest BCUT2D eigenvalue weighted by atomic mass is 9.93. The van der Waals surface area contributed by atoms with E-state index < -0.39 is 23.5 Å². The number of methoxy groups -OCH3 is 1. The molecule has 1 aromatic heterocycles. The Balaban J connectivity index is 1.47. The molecule has 4 rings (SSSR count). The van der Waals surface area contributed by atoms with Crippen molar-refractivity contribution < 1.29 is 27.9 Å². The van der Waals surface area contributed by atoms with E-state index in [9.17, 15) is 18.8 Å². The van der Waals surface area contributed by atoms with E-state index in [1.54, 1.807) is 37.3 Å². The summed E-state index contributed by atoms with van der Waals surface area (Å²) < 4.78 is 24.7. The molecule has 1 aliphatic carbocycles. The molecule has 0 saturated heterocycles. The van der Waals surface area contributed by atoms with Crippen LogP contribution in [0.2, 0.25) is 0 Å². The van der Waals surface area contributed by atoms with Crippen LogP contribution in [0.25, 0.3) is 0 Å². The second-order valence-corrected chi connectivity index (χ2v) is 7.82. The number of hydrogen-bond acceptors (Lipinski definition) is 6. The molecule has 3 N–H and O–H groups in total. The van der Waals surface area contributed by atoms with Gasteiger partial charge >= 0.3 is 5.91 Å². The minimum Gasteiger partial charge on any atom is -0.497 e. The fraction of sp³-hybridized carbons (Fsp3) is 0.200. The van der Waals surface area contributed by atoms with Gasteiger partial charge in [0.05, 0.1) is 18.4 Å². The number of nitrogens with zero attached hydrogens (tertiary/aromatic N) is 1. The maximum Gasteiger partial charge on any atom is 0.305 e. The number of fused-ring (bicyclic) bond motifs is 1. The maximum atomic E-state index is 13.9. The topological polar surface area (TPSA) is 122 Å². The average Bonchev–Trinajstić information content (AvgIpc) is 3.23. The van der Waals surface area contributed by atoms with Crippen LogP contribution in [0.4, 0.5) is 4.39 Å². The van der Waals surface area contributed by atoms with Gasteiger partial charge in [-0.2, -0.15) is 5.10 Å². The van der Waals surface area contributed by atoms with Crippen molar-refractivity contribution in [3.05, 3.63) is 88.1 Å². The van der Waals surface area contributed by atoms with Gasteiger partial charge in [-0.1, -0.05) is 12.1 Å². The number of halogens is 1.